The minimum atomic E-state index is -4.59. The van der Waals surface area contributed by atoms with Gasteiger partial charge in [-0.25, -0.2) is 0 Å². The van der Waals surface area contributed by atoms with Crippen LogP contribution in [0, 0.1) is 5.92 Å². The monoisotopic (exact) mass is 376 g/mol. The van der Waals surface area contributed by atoms with E-state index in [0.29, 0.717) is 5.57 Å². The fourth-order valence-electron chi connectivity index (χ4n) is 2.03. The molecule has 0 saturated carbocycles. The van der Waals surface area contributed by atoms with Crippen LogP contribution in [0.5, 0.6) is 5.75 Å². The highest BCUT2D eigenvalue weighted by Crippen LogP contribution is 2.63. The average molecular weight is 376 g/mol. The third-order valence-corrected chi connectivity index (χ3v) is 6.27. The van der Waals surface area contributed by atoms with E-state index < -0.39 is 37.5 Å². The molecular formula is C17H23F2O5P. The Morgan fingerprint density at radius 1 is 1.36 bits per heavy atom. The lowest BCUT2D eigenvalue weighted by Crippen LogP contribution is -2.27. The Balaban J connectivity index is 3.16. The van der Waals surface area contributed by atoms with E-state index in [1.807, 2.05) is 0 Å². The smallest absolute Gasteiger partial charge is 0.335 e. The summed E-state index contributed by atoms with van der Waals surface area (Å²) in [7, 11) is -3.46. The average Bonchev–Trinajstić information content (AvgIpc) is 2.59. The van der Waals surface area contributed by atoms with Crippen LogP contribution in [0.1, 0.15) is 20.3 Å². The highest BCUT2D eigenvalue weighted by molar-refractivity contribution is 7.60. The number of hydrogen-bond donors (Lipinski definition) is 1. The molecule has 25 heavy (non-hydrogen) atoms. The van der Waals surface area contributed by atoms with E-state index in [2.05, 4.69) is 4.74 Å². The molecule has 1 N–H and O–H groups in total. The van der Waals surface area contributed by atoms with E-state index in [4.69, 9.17) is 9.63 Å². The van der Waals surface area contributed by atoms with Gasteiger partial charge in [0, 0.05) is 6.42 Å². The number of alkyl halides is 2. The van der Waals surface area contributed by atoms with Crippen LogP contribution in [0.2, 0.25) is 0 Å². The fourth-order valence-corrected chi connectivity index (χ4v) is 4.20. The van der Waals surface area contributed by atoms with Crippen LogP contribution in [0.3, 0.4) is 0 Å². The summed E-state index contributed by atoms with van der Waals surface area (Å²) in [5.41, 5.74) is -3.38. The lowest BCUT2D eigenvalue weighted by molar-refractivity contribution is -0.144. The van der Waals surface area contributed by atoms with E-state index >= 15 is 0 Å². The van der Waals surface area contributed by atoms with Crippen molar-refractivity contribution in [3.8, 4) is 5.75 Å². The minimum Gasteiger partial charge on any atom is -0.469 e. The van der Waals surface area contributed by atoms with E-state index in [1.54, 1.807) is 18.2 Å². The maximum atomic E-state index is 14.7. The largest absolute Gasteiger partial charge is 0.469 e. The van der Waals surface area contributed by atoms with Crippen molar-refractivity contribution in [3.05, 3.63) is 42.0 Å². The first-order valence-electron chi connectivity index (χ1n) is 7.71. The number of esters is 1. The second kappa shape index (κ2) is 9.11. The molecule has 0 aromatic heterocycles. The molecule has 2 unspecified atom stereocenters. The van der Waals surface area contributed by atoms with Crippen molar-refractivity contribution >= 4 is 13.3 Å². The summed E-state index contributed by atoms with van der Waals surface area (Å²) in [6.07, 6.45) is -0.408. The predicted octanol–water partition coefficient (Wildman–Crippen LogP) is 4.07. The first kappa shape index (κ1) is 21.3. The van der Waals surface area contributed by atoms with Gasteiger partial charge in [0.1, 0.15) is 5.75 Å². The van der Waals surface area contributed by atoms with E-state index in [0.717, 1.165) is 13.2 Å². The molecule has 0 amide bonds. The molecule has 140 valence electrons. The number of benzene rings is 1. The van der Waals surface area contributed by atoms with Gasteiger partial charge in [-0.15, -0.1) is 0 Å². The van der Waals surface area contributed by atoms with Gasteiger partial charge in [-0.3, -0.25) is 9.36 Å². The quantitative estimate of drug-likeness (QED) is 0.400. The summed E-state index contributed by atoms with van der Waals surface area (Å²) >= 11 is 0. The summed E-state index contributed by atoms with van der Waals surface area (Å²) in [4.78, 5) is 11.6. The molecule has 0 bridgehead atoms. The number of methoxy groups -OCH3 is 1. The maximum absolute atomic E-state index is 14.7. The number of ether oxygens (including phenoxy) is 1. The number of allylic oxidation sites excluding steroid dienone is 1. The lowest BCUT2D eigenvalue weighted by atomic mass is 10.2. The number of aliphatic hydroxyl groups is 1. The van der Waals surface area contributed by atoms with Crippen molar-refractivity contribution in [1.82, 2.24) is 0 Å². The predicted molar refractivity (Wildman–Crippen MR) is 91.1 cm³/mol. The summed E-state index contributed by atoms with van der Waals surface area (Å²) in [6.45, 7) is 2.46. The van der Waals surface area contributed by atoms with E-state index in [-0.39, 0.29) is 12.4 Å². The van der Waals surface area contributed by atoms with Crippen LogP contribution in [0.15, 0.2) is 42.0 Å². The SMILES string of the molecule is COC(=O)C(C)CP(=O)(Oc1ccccc1)C(F)(F)C/C=C(\C)CO. The molecule has 1 aromatic rings. The summed E-state index contributed by atoms with van der Waals surface area (Å²) in [6, 6.07) is 7.63. The molecule has 0 aliphatic carbocycles. The molecule has 0 aliphatic heterocycles. The molecule has 2 atom stereocenters. The van der Waals surface area contributed by atoms with Crippen LogP contribution in [-0.4, -0.2) is 36.6 Å². The molecule has 5 nitrogen and oxygen atoms in total. The number of halogens is 2. The molecule has 0 fully saturated rings. The zero-order chi connectivity index (χ0) is 19.1. The highest BCUT2D eigenvalue weighted by Gasteiger charge is 2.53. The van der Waals surface area contributed by atoms with Crippen molar-refractivity contribution < 1.29 is 32.5 Å². The van der Waals surface area contributed by atoms with Crippen LogP contribution in [0.25, 0.3) is 0 Å². The summed E-state index contributed by atoms with van der Waals surface area (Å²) < 4.78 is 52.2. The van der Waals surface area contributed by atoms with Crippen molar-refractivity contribution in [2.45, 2.75) is 25.9 Å². The third-order valence-electron chi connectivity index (χ3n) is 3.56. The minimum absolute atomic E-state index is 0.0328. The second-order valence-electron chi connectivity index (χ2n) is 5.76. The summed E-state index contributed by atoms with van der Waals surface area (Å²) in [5, 5.41) is 8.95. The van der Waals surface area contributed by atoms with Gasteiger partial charge < -0.3 is 14.4 Å². The molecule has 0 saturated heterocycles. The zero-order valence-corrected chi connectivity index (χ0v) is 15.3. The Kier molecular flexibility index (Phi) is 7.77. The Hall–Kier alpha value is -1.72. The van der Waals surface area contributed by atoms with Gasteiger partial charge in [0.2, 0.25) is 0 Å². The molecule has 1 aromatic carbocycles. The lowest BCUT2D eigenvalue weighted by Gasteiger charge is -2.28. The van der Waals surface area contributed by atoms with Gasteiger partial charge in [0.25, 0.3) is 0 Å². The number of aliphatic hydroxyl groups excluding tert-OH is 1. The van der Waals surface area contributed by atoms with Gasteiger partial charge in [-0.1, -0.05) is 36.8 Å². The Morgan fingerprint density at radius 3 is 2.48 bits per heavy atom. The summed E-state index contributed by atoms with van der Waals surface area (Å²) in [5.74, 6) is -1.73. The van der Waals surface area contributed by atoms with Crippen LogP contribution in [0.4, 0.5) is 8.78 Å². The first-order valence-corrected chi connectivity index (χ1v) is 9.52. The number of hydrogen-bond acceptors (Lipinski definition) is 5. The van der Waals surface area contributed by atoms with Gasteiger partial charge in [0.15, 0.2) is 0 Å². The normalized spacial score (nSPS) is 16.0. The van der Waals surface area contributed by atoms with Crippen molar-refractivity contribution in [3.63, 3.8) is 0 Å². The number of carbonyl (C=O) groups is 1. The van der Waals surface area contributed by atoms with Gasteiger partial charge in [-0.2, -0.15) is 8.78 Å². The number of rotatable bonds is 9. The Labute approximate surface area is 146 Å². The highest BCUT2D eigenvalue weighted by atomic mass is 31.2. The maximum Gasteiger partial charge on any atom is 0.335 e. The van der Waals surface area contributed by atoms with E-state index in [1.165, 1.54) is 26.0 Å². The van der Waals surface area contributed by atoms with Crippen molar-refractivity contribution in [1.29, 1.82) is 0 Å². The fraction of sp³-hybridized carbons (Fsp3) is 0.471. The topological polar surface area (TPSA) is 72.8 Å². The third kappa shape index (κ3) is 5.94. The van der Waals surface area contributed by atoms with Gasteiger partial charge in [0.05, 0.1) is 25.8 Å². The standard InChI is InChI=1S/C17H23F2O5P/c1-13(11-20)9-10-17(18,19)25(22,12-14(2)16(21)23-3)24-15-7-5-4-6-8-15/h4-9,14,20H,10-12H2,1-3H3/b13-9+. The zero-order valence-electron chi connectivity index (χ0n) is 14.4. The van der Waals surface area contributed by atoms with Crippen LogP contribution in [-0.2, 0) is 14.1 Å². The van der Waals surface area contributed by atoms with Gasteiger partial charge >= 0.3 is 19.0 Å². The molecular weight excluding hydrogens is 353 g/mol. The van der Waals surface area contributed by atoms with E-state index in [9.17, 15) is 18.1 Å². The molecule has 0 heterocycles. The van der Waals surface area contributed by atoms with Crippen LogP contribution < -0.4 is 4.52 Å². The second-order valence-corrected chi connectivity index (χ2v) is 8.31. The molecule has 0 radical (unpaired) electrons. The molecule has 0 aliphatic rings. The van der Waals surface area contributed by atoms with Gasteiger partial charge in [-0.05, 0) is 19.1 Å². The van der Waals surface area contributed by atoms with Crippen molar-refractivity contribution in [2.24, 2.45) is 5.92 Å². The number of para-hydroxylation sites is 1. The molecule has 8 heteroatoms. The Morgan fingerprint density at radius 2 is 1.96 bits per heavy atom. The first-order chi connectivity index (χ1) is 11.6. The molecule has 0 spiro atoms. The van der Waals surface area contributed by atoms with Crippen LogP contribution >= 0.6 is 7.37 Å². The Bertz CT molecular complexity index is 646. The number of carbonyl (C=O) groups excluding carboxylic acids is 1. The molecule has 1 rings (SSSR count). The van der Waals surface area contributed by atoms with Crippen molar-refractivity contribution in [2.75, 3.05) is 19.9 Å².